The van der Waals surface area contributed by atoms with Gasteiger partial charge in [0.25, 0.3) is 5.91 Å². The maximum Gasteiger partial charge on any atom is 0.257 e. The number of H-pyrrole nitrogens is 1. The van der Waals surface area contributed by atoms with Crippen LogP contribution in [0, 0.1) is 6.92 Å². The molecular formula is C13H13Cl2N3O. The van der Waals surface area contributed by atoms with Gasteiger partial charge in [-0.2, -0.15) is 5.10 Å². The van der Waals surface area contributed by atoms with Crippen molar-refractivity contribution in [2.45, 2.75) is 13.5 Å². The van der Waals surface area contributed by atoms with E-state index >= 15 is 0 Å². The van der Waals surface area contributed by atoms with Gasteiger partial charge in [-0.05, 0) is 18.6 Å². The Balaban J connectivity index is 2.18. The van der Waals surface area contributed by atoms with E-state index in [1.165, 1.54) is 6.20 Å². The van der Waals surface area contributed by atoms with Gasteiger partial charge in [0.15, 0.2) is 0 Å². The number of aryl methyl sites for hydroxylation is 1. The number of hydrogen-bond acceptors (Lipinski definition) is 2. The standard InChI is InChI=1S/C13H13Cl2N3O/c1-8-10(6-16-17-8)13(19)18(2)7-9-4-3-5-11(14)12(9)15/h3-6H,7H2,1-2H3,(H,16,17). The molecule has 1 aromatic heterocycles. The molecule has 1 heterocycles. The van der Waals surface area contributed by atoms with Crippen molar-refractivity contribution < 1.29 is 4.79 Å². The van der Waals surface area contributed by atoms with Crippen molar-refractivity contribution in [2.24, 2.45) is 0 Å². The first-order chi connectivity index (χ1) is 9.00. The van der Waals surface area contributed by atoms with Gasteiger partial charge in [-0.25, -0.2) is 0 Å². The lowest BCUT2D eigenvalue weighted by Crippen LogP contribution is -2.26. The minimum absolute atomic E-state index is 0.109. The largest absolute Gasteiger partial charge is 0.337 e. The summed E-state index contributed by atoms with van der Waals surface area (Å²) in [5.74, 6) is -0.109. The quantitative estimate of drug-likeness (QED) is 0.945. The van der Waals surface area contributed by atoms with E-state index in [0.717, 1.165) is 11.3 Å². The van der Waals surface area contributed by atoms with Gasteiger partial charge >= 0.3 is 0 Å². The molecular weight excluding hydrogens is 285 g/mol. The normalized spacial score (nSPS) is 10.5. The first kappa shape index (κ1) is 13.9. The lowest BCUT2D eigenvalue weighted by atomic mass is 10.2. The molecule has 0 aliphatic rings. The number of carbonyl (C=O) groups excluding carboxylic acids is 1. The molecule has 2 aromatic rings. The maximum atomic E-state index is 12.2. The van der Waals surface area contributed by atoms with E-state index in [1.54, 1.807) is 24.9 Å². The number of nitrogens with one attached hydrogen (secondary N) is 1. The van der Waals surface area contributed by atoms with E-state index in [-0.39, 0.29) is 5.91 Å². The smallest absolute Gasteiger partial charge is 0.257 e. The molecule has 1 N–H and O–H groups in total. The molecule has 0 atom stereocenters. The molecule has 100 valence electrons. The number of aromatic amines is 1. The number of nitrogens with zero attached hydrogens (tertiary/aromatic N) is 2. The molecule has 0 bridgehead atoms. The van der Waals surface area contributed by atoms with Crippen molar-refractivity contribution in [3.8, 4) is 0 Å². The summed E-state index contributed by atoms with van der Waals surface area (Å²) in [5, 5.41) is 7.55. The average Bonchev–Trinajstić information content (AvgIpc) is 2.80. The zero-order valence-corrected chi connectivity index (χ0v) is 12.1. The lowest BCUT2D eigenvalue weighted by molar-refractivity contribution is 0.0784. The van der Waals surface area contributed by atoms with Crippen LogP contribution >= 0.6 is 23.2 Å². The Morgan fingerprint density at radius 3 is 2.79 bits per heavy atom. The minimum atomic E-state index is -0.109. The third-order valence-corrected chi connectivity index (χ3v) is 3.70. The molecule has 1 amide bonds. The zero-order chi connectivity index (χ0) is 14.0. The van der Waals surface area contributed by atoms with Crippen LogP contribution in [0.4, 0.5) is 0 Å². The van der Waals surface area contributed by atoms with Gasteiger partial charge in [0.05, 0.1) is 21.8 Å². The highest BCUT2D eigenvalue weighted by Gasteiger charge is 2.17. The Labute approximate surface area is 121 Å². The van der Waals surface area contributed by atoms with Crippen LogP contribution < -0.4 is 0 Å². The maximum absolute atomic E-state index is 12.2. The van der Waals surface area contributed by atoms with E-state index in [4.69, 9.17) is 23.2 Å². The topological polar surface area (TPSA) is 49.0 Å². The highest BCUT2D eigenvalue weighted by molar-refractivity contribution is 6.42. The van der Waals surface area contributed by atoms with Crippen LogP contribution in [0.25, 0.3) is 0 Å². The van der Waals surface area contributed by atoms with Crippen molar-refractivity contribution in [3.63, 3.8) is 0 Å². The van der Waals surface area contributed by atoms with E-state index in [2.05, 4.69) is 10.2 Å². The molecule has 0 unspecified atom stereocenters. The Bertz CT molecular complexity index is 610. The summed E-state index contributed by atoms with van der Waals surface area (Å²) in [6.07, 6.45) is 1.52. The molecule has 0 saturated heterocycles. The van der Waals surface area contributed by atoms with Gasteiger partial charge in [0, 0.05) is 19.3 Å². The molecule has 0 radical (unpaired) electrons. The molecule has 19 heavy (non-hydrogen) atoms. The molecule has 0 spiro atoms. The van der Waals surface area contributed by atoms with Crippen LogP contribution in [-0.2, 0) is 6.54 Å². The fraction of sp³-hybridized carbons (Fsp3) is 0.231. The third kappa shape index (κ3) is 2.91. The first-order valence-corrected chi connectivity index (χ1v) is 6.44. The van der Waals surface area contributed by atoms with Gasteiger partial charge in [-0.1, -0.05) is 35.3 Å². The number of amides is 1. The van der Waals surface area contributed by atoms with Crippen molar-refractivity contribution in [3.05, 3.63) is 51.3 Å². The lowest BCUT2D eigenvalue weighted by Gasteiger charge is -2.18. The monoisotopic (exact) mass is 297 g/mol. The van der Waals surface area contributed by atoms with Crippen LogP contribution in [0.3, 0.4) is 0 Å². The number of hydrogen-bond donors (Lipinski definition) is 1. The van der Waals surface area contributed by atoms with Crippen molar-refractivity contribution >= 4 is 29.1 Å². The number of aromatic nitrogens is 2. The number of benzene rings is 1. The molecule has 2 rings (SSSR count). The highest BCUT2D eigenvalue weighted by atomic mass is 35.5. The third-order valence-electron chi connectivity index (χ3n) is 2.85. The number of rotatable bonds is 3. The SMILES string of the molecule is Cc1[nH]ncc1C(=O)N(C)Cc1cccc(Cl)c1Cl. The average molecular weight is 298 g/mol. The second kappa shape index (κ2) is 5.63. The number of halogens is 2. The highest BCUT2D eigenvalue weighted by Crippen LogP contribution is 2.26. The molecule has 0 fully saturated rings. The predicted molar refractivity (Wildman–Crippen MR) is 75.6 cm³/mol. The van der Waals surface area contributed by atoms with Crippen molar-refractivity contribution in [2.75, 3.05) is 7.05 Å². The zero-order valence-electron chi connectivity index (χ0n) is 10.6. The second-order valence-electron chi connectivity index (χ2n) is 4.28. The van der Waals surface area contributed by atoms with E-state index < -0.39 is 0 Å². The molecule has 0 saturated carbocycles. The van der Waals surface area contributed by atoms with Gasteiger partial charge in [-0.3, -0.25) is 9.89 Å². The van der Waals surface area contributed by atoms with Crippen LogP contribution in [0.15, 0.2) is 24.4 Å². The van der Waals surface area contributed by atoms with Crippen LogP contribution in [-0.4, -0.2) is 28.1 Å². The summed E-state index contributed by atoms with van der Waals surface area (Å²) in [7, 11) is 1.71. The summed E-state index contributed by atoms with van der Waals surface area (Å²) in [6.45, 7) is 2.20. The Kier molecular flexibility index (Phi) is 4.12. The van der Waals surface area contributed by atoms with E-state index in [9.17, 15) is 4.79 Å². The van der Waals surface area contributed by atoms with Gasteiger partial charge < -0.3 is 4.90 Å². The van der Waals surface area contributed by atoms with Crippen LogP contribution in [0.5, 0.6) is 0 Å². The Hall–Kier alpha value is -1.52. The summed E-state index contributed by atoms with van der Waals surface area (Å²) in [5.41, 5.74) is 2.11. The van der Waals surface area contributed by atoms with Crippen molar-refractivity contribution in [1.82, 2.24) is 15.1 Å². The fourth-order valence-corrected chi connectivity index (χ4v) is 2.15. The second-order valence-corrected chi connectivity index (χ2v) is 5.07. The van der Waals surface area contributed by atoms with Crippen LogP contribution in [0.2, 0.25) is 10.0 Å². The summed E-state index contributed by atoms with van der Waals surface area (Å²) in [4.78, 5) is 13.8. The molecule has 0 aliphatic carbocycles. The Morgan fingerprint density at radius 2 is 2.16 bits per heavy atom. The van der Waals surface area contributed by atoms with Crippen LogP contribution in [0.1, 0.15) is 21.6 Å². The van der Waals surface area contributed by atoms with Crippen molar-refractivity contribution in [1.29, 1.82) is 0 Å². The minimum Gasteiger partial charge on any atom is -0.337 e. The van der Waals surface area contributed by atoms with Gasteiger partial charge in [0.2, 0.25) is 0 Å². The summed E-state index contributed by atoms with van der Waals surface area (Å²) >= 11 is 12.1. The molecule has 4 nitrogen and oxygen atoms in total. The molecule has 1 aromatic carbocycles. The van der Waals surface area contributed by atoms with E-state index in [1.807, 2.05) is 12.1 Å². The Morgan fingerprint density at radius 1 is 1.42 bits per heavy atom. The number of carbonyl (C=O) groups is 1. The molecule has 0 aliphatic heterocycles. The molecule has 6 heteroatoms. The predicted octanol–water partition coefficient (Wildman–Crippen LogP) is 3.30. The summed E-state index contributed by atoms with van der Waals surface area (Å²) < 4.78 is 0. The van der Waals surface area contributed by atoms with E-state index in [0.29, 0.717) is 22.2 Å². The van der Waals surface area contributed by atoms with Gasteiger partial charge in [-0.15, -0.1) is 0 Å². The first-order valence-electron chi connectivity index (χ1n) is 5.69. The van der Waals surface area contributed by atoms with Gasteiger partial charge in [0.1, 0.15) is 0 Å². The summed E-state index contributed by atoms with van der Waals surface area (Å²) in [6, 6.07) is 5.38. The fourth-order valence-electron chi connectivity index (χ4n) is 1.77.